The zero-order chi connectivity index (χ0) is 24.5. The predicted octanol–water partition coefficient (Wildman–Crippen LogP) is 1.55. The monoisotopic (exact) mass is 491 g/mol. The third-order valence-electron chi connectivity index (χ3n) is 7.32. The van der Waals surface area contributed by atoms with Crippen LogP contribution in [0.15, 0.2) is 29.2 Å². The first-order chi connectivity index (χ1) is 16.2. The Morgan fingerprint density at radius 2 is 1.74 bits per heavy atom. The lowest BCUT2D eigenvalue weighted by Gasteiger charge is -2.35. The number of nitrogens with one attached hydrogen (secondary N) is 1. The molecule has 34 heavy (non-hydrogen) atoms. The molecule has 4 rings (SSSR count). The lowest BCUT2D eigenvalue weighted by molar-refractivity contribution is -0.136. The van der Waals surface area contributed by atoms with Gasteiger partial charge in [0.25, 0.3) is 5.91 Å². The fraction of sp³-hybridized carbons (Fsp3) is 0.609. The Morgan fingerprint density at radius 3 is 2.38 bits per heavy atom. The maximum atomic E-state index is 13.1. The minimum absolute atomic E-state index is 0.101. The number of amides is 4. The normalized spacial score (nSPS) is 21.9. The fourth-order valence-corrected chi connectivity index (χ4v) is 6.65. The van der Waals surface area contributed by atoms with Crippen molar-refractivity contribution in [3.05, 3.63) is 24.3 Å². The van der Waals surface area contributed by atoms with Crippen LogP contribution in [0, 0.1) is 0 Å². The third-order valence-corrected chi connectivity index (χ3v) is 9.21. The largest absolute Gasteiger partial charge is 0.327 e. The highest BCUT2D eigenvalue weighted by atomic mass is 32.2. The zero-order valence-electron chi connectivity index (χ0n) is 19.8. The number of piperazine rings is 1. The van der Waals surface area contributed by atoms with Crippen LogP contribution >= 0.6 is 0 Å². The molecule has 1 aromatic rings. The van der Waals surface area contributed by atoms with Crippen LogP contribution in [0.4, 0.5) is 10.5 Å². The number of hydrogen-bond acceptors (Lipinski definition) is 6. The first-order valence-corrected chi connectivity index (χ1v) is 13.4. The summed E-state index contributed by atoms with van der Waals surface area (Å²) >= 11 is 0. The Labute approximate surface area is 200 Å². The summed E-state index contributed by atoms with van der Waals surface area (Å²) in [6.45, 7) is 4.73. The number of benzene rings is 1. The Morgan fingerprint density at radius 1 is 1.06 bits per heavy atom. The van der Waals surface area contributed by atoms with E-state index in [4.69, 9.17) is 0 Å². The topological polar surface area (TPSA) is 110 Å². The van der Waals surface area contributed by atoms with Gasteiger partial charge in [-0.2, -0.15) is 4.31 Å². The van der Waals surface area contributed by atoms with E-state index in [1.54, 1.807) is 19.2 Å². The smallest absolute Gasteiger partial charge is 0.324 e. The van der Waals surface area contributed by atoms with E-state index in [0.29, 0.717) is 44.7 Å². The van der Waals surface area contributed by atoms with Crippen LogP contribution in [0.5, 0.6) is 0 Å². The standard InChI is InChI=1S/C23H33N5O5S/c1-3-26-12-14-27(15-13-26)34(32,33)19-9-7-8-18(16-19)24-20(29)17-28-21(30)23(25(2)22(28)31)10-5-4-6-11-23/h7-9,16H,3-6,10-15,17H2,1-2H3,(H,24,29). The molecule has 1 saturated carbocycles. The molecule has 11 heteroatoms. The second-order valence-electron chi connectivity index (χ2n) is 9.24. The average molecular weight is 492 g/mol. The molecule has 1 N–H and O–H groups in total. The number of anilines is 1. The molecular weight excluding hydrogens is 458 g/mol. The van der Waals surface area contributed by atoms with Gasteiger partial charge in [0.15, 0.2) is 0 Å². The van der Waals surface area contributed by atoms with Crippen molar-refractivity contribution in [2.45, 2.75) is 49.5 Å². The predicted molar refractivity (Wildman–Crippen MR) is 127 cm³/mol. The van der Waals surface area contributed by atoms with E-state index in [-0.39, 0.29) is 10.8 Å². The van der Waals surface area contributed by atoms with E-state index in [1.165, 1.54) is 21.3 Å². The van der Waals surface area contributed by atoms with Gasteiger partial charge in [0, 0.05) is 38.9 Å². The van der Waals surface area contributed by atoms with E-state index in [9.17, 15) is 22.8 Å². The molecule has 0 aromatic heterocycles. The van der Waals surface area contributed by atoms with Crippen LogP contribution < -0.4 is 5.32 Å². The SMILES string of the molecule is CCN1CCN(S(=O)(=O)c2cccc(NC(=O)CN3C(=O)N(C)C4(CCCCC4)C3=O)c2)CC1. The molecular formula is C23H33N5O5S. The van der Waals surface area contributed by atoms with Crippen molar-refractivity contribution in [3.63, 3.8) is 0 Å². The summed E-state index contributed by atoms with van der Waals surface area (Å²) in [6.07, 6.45) is 4.00. The zero-order valence-corrected chi connectivity index (χ0v) is 20.6. The molecule has 0 radical (unpaired) electrons. The number of rotatable bonds is 6. The Bertz CT molecular complexity index is 1060. The van der Waals surface area contributed by atoms with Gasteiger partial charge < -0.3 is 15.1 Å². The van der Waals surface area contributed by atoms with Crippen molar-refractivity contribution in [2.24, 2.45) is 0 Å². The Kier molecular flexibility index (Phi) is 6.97. The highest BCUT2D eigenvalue weighted by molar-refractivity contribution is 7.89. The maximum absolute atomic E-state index is 13.1. The van der Waals surface area contributed by atoms with Crippen molar-refractivity contribution in [3.8, 4) is 0 Å². The molecule has 0 bridgehead atoms. The van der Waals surface area contributed by atoms with Crippen LogP contribution in [0.25, 0.3) is 0 Å². The van der Waals surface area contributed by atoms with Gasteiger partial charge in [-0.25, -0.2) is 13.2 Å². The lowest BCUT2D eigenvalue weighted by atomic mass is 9.81. The minimum Gasteiger partial charge on any atom is -0.324 e. The van der Waals surface area contributed by atoms with Gasteiger partial charge in [-0.3, -0.25) is 14.5 Å². The van der Waals surface area contributed by atoms with Crippen LogP contribution in [-0.4, -0.2) is 97.1 Å². The van der Waals surface area contributed by atoms with Crippen molar-refractivity contribution >= 4 is 33.6 Å². The Balaban J connectivity index is 1.43. The molecule has 4 amide bonds. The van der Waals surface area contributed by atoms with Crippen LogP contribution in [-0.2, 0) is 19.6 Å². The number of nitrogens with zero attached hydrogens (tertiary/aromatic N) is 4. The number of carbonyl (C=O) groups excluding carboxylic acids is 3. The first-order valence-electron chi connectivity index (χ1n) is 11.9. The fourth-order valence-electron chi connectivity index (χ4n) is 5.18. The molecule has 3 aliphatic rings. The molecule has 2 saturated heterocycles. The van der Waals surface area contributed by atoms with E-state index < -0.39 is 34.0 Å². The highest BCUT2D eigenvalue weighted by Crippen LogP contribution is 2.39. The number of sulfonamides is 1. The molecule has 1 spiro atoms. The molecule has 2 aliphatic heterocycles. The average Bonchev–Trinajstić information content (AvgIpc) is 3.01. The van der Waals surface area contributed by atoms with E-state index >= 15 is 0 Å². The van der Waals surface area contributed by atoms with Gasteiger partial charge in [0.05, 0.1) is 4.90 Å². The molecule has 1 aromatic carbocycles. The van der Waals surface area contributed by atoms with Gasteiger partial charge in [0.2, 0.25) is 15.9 Å². The quantitative estimate of drug-likeness (QED) is 0.605. The van der Waals surface area contributed by atoms with Crippen LogP contribution in [0.3, 0.4) is 0 Å². The van der Waals surface area contributed by atoms with Crippen molar-refractivity contribution < 1.29 is 22.8 Å². The summed E-state index contributed by atoms with van der Waals surface area (Å²) in [7, 11) is -2.06. The number of hydrogen-bond donors (Lipinski definition) is 1. The summed E-state index contributed by atoms with van der Waals surface area (Å²) in [5, 5.41) is 2.65. The second-order valence-corrected chi connectivity index (χ2v) is 11.2. The van der Waals surface area contributed by atoms with Crippen molar-refractivity contribution in [1.29, 1.82) is 0 Å². The summed E-state index contributed by atoms with van der Waals surface area (Å²) in [5.41, 5.74) is -0.538. The van der Waals surface area contributed by atoms with Gasteiger partial charge in [-0.05, 0) is 37.6 Å². The van der Waals surface area contributed by atoms with Gasteiger partial charge in [0.1, 0.15) is 12.1 Å². The second kappa shape index (κ2) is 9.63. The summed E-state index contributed by atoms with van der Waals surface area (Å²) in [5.74, 6) is -0.869. The summed E-state index contributed by atoms with van der Waals surface area (Å²) in [4.78, 5) is 43.3. The molecule has 10 nitrogen and oxygen atoms in total. The number of urea groups is 1. The molecule has 1 aliphatic carbocycles. The van der Waals surface area contributed by atoms with Crippen LogP contribution in [0.1, 0.15) is 39.0 Å². The number of carbonyl (C=O) groups is 3. The van der Waals surface area contributed by atoms with E-state index in [0.717, 1.165) is 30.7 Å². The summed E-state index contributed by atoms with van der Waals surface area (Å²) < 4.78 is 27.6. The van der Waals surface area contributed by atoms with E-state index in [2.05, 4.69) is 10.2 Å². The van der Waals surface area contributed by atoms with Crippen LogP contribution in [0.2, 0.25) is 0 Å². The maximum Gasteiger partial charge on any atom is 0.327 e. The number of imide groups is 1. The van der Waals surface area contributed by atoms with Gasteiger partial charge in [-0.15, -0.1) is 0 Å². The molecule has 186 valence electrons. The Hall–Kier alpha value is -2.50. The third kappa shape index (κ3) is 4.44. The van der Waals surface area contributed by atoms with Gasteiger partial charge >= 0.3 is 6.03 Å². The van der Waals surface area contributed by atoms with Crippen molar-refractivity contribution in [2.75, 3.05) is 51.6 Å². The first kappa shape index (κ1) is 24.6. The van der Waals surface area contributed by atoms with E-state index in [1.807, 2.05) is 6.92 Å². The van der Waals surface area contributed by atoms with Crippen molar-refractivity contribution in [1.82, 2.24) is 19.0 Å². The highest BCUT2D eigenvalue weighted by Gasteiger charge is 2.55. The number of likely N-dealkylation sites (N-methyl/N-ethyl adjacent to an activating group) is 2. The molecule has 3 fully saturated rings. The molecule has 0 atom stereocenters. The molecule has 0 unspecified atom stereocenters. The summed E-state index contributed by atoms with van der Waals surface area (Å²) in [6, 6.07) is 5.62. The molecule has 2 heterocycles. The van der Waals surface area contributed by atoms with Gasteiger partial charge in [-0.1, -0.05) is 32.3 Å². The minimum atomic E-state index is -3.69. The lowest BCUT2D eigenvalue weighted by Crippen LogP contribution is -2.49.